The predicted molar refractivity (Wildman–Crippen MR) is 58.2 cm³/mol. The quantitative estimate of drug-likeness (QED) is 0.561. The molecule has 0 bridgehead atoms. The fourth-order valence-electron chi connectivity index (χ4n) is 1.32. The van der Waals surface area contributed by atoms with E-state index in [9.17, 15) is 9.59 Å². The highest BCUT2D eigenvalue weighted by atomic mass is 16.1. The van der Waals surface area contributed by atoms with Crippen molar-refractivity contribution in [1.82, 2.24) is 0 Å². The van der Waals surface area contributed by atoms with Crippen LogP contribution >= 0.6 is 0 Å². The molecule has 0 aliphatic rings. The zero-order valence-electron chi connectivity index (χ0n) is 9.64. The van der Waals surface area contributed by atoms with Gasteiger partial charge in [-0.15, -0.1) is 0 Å². The summed E-state index contributed by atoms with van der Waals surface area (Å²) in [7, 11) is 0. The summed E-state index contributed by atoms with van der Waals surface area (Å²) in [6, 6.07) is 0. The van der Waals surface area contributed by atoms with E-state index in [2.05, 4.69) is 0 Å². The summed E-state index contributed by atoms with van der Waals surface area (Å²) in [6.45, 7) is 5.51. The second kappa shape index (κ2) is 7.72. The molecule has 0 saturated carbocycles. The lowest BCUT2D eigenvalue weighted by atomic mass is 10.0. The molecule has 0 spiro atoms. The first kappa shape index (κ1) is 13.3. The molecule has 0 amide bonds. The normalized spacial score (nSPS) is 10.6. The minimum Gasteiger partial charge on any atom is -0.300 e. The standard InChI is InChI=1S/C12H22O2/c1-10(2)12(14)9-7-5-4-6-8-11(3)13/h10H,4-9H2,1-3H3. The number of hydrogen-bond acceptors (Lipinski definition) is 2. The van der Waals surface area contributed by atoms with Crippen molar-refractivity contribution in [3.8, 4) is 0 Å². The van der Waals surface area contributed by atoms with E-state index in [1.54, 1.807) is 6.92 Å². The number of carbonyl (C=O) groups excluding carboxylic acids is 2. The molecule has 0 radical (unpaired) electrons. The molecule has 14 heavy (non-hydrogen) atoms. The van der Waals surface area contributed by atoms with Gasteiger partial charge in [-0.3, -0.25) is 4.79 Å². The van der Waals surface area contributed by atoms with Crippen molar-refractivity contribution < 1.29 is 9.59 Å². The third-order valence-electron chi connectivity index (χ3n) is 2.35. The third kappa shape index (κ3) is 7.96. The summed E-state index contributed by atoms with van der Waals surface area (Å²) < 4.78 is 0. The van der Waals surface area contributed by atoms with E-state index in [4.69, 9.17) is 0 Å². The first-order valence-electron chi connectivity index (χ1n) is 5.56. The fraction of sp³-hybridized carbons (Fsp3) is 0.833. The van der Waals surface area contributed by atoms with Gasteiger partial charge in [0.1, 0.15) is 11.6 Å². The number of unbranched alkanes of at least 4 members (excludes halogenated alkanes) is 3. The van der Waals surface area contributed by atoms with E-state index in [-0.39, 0.29) is 11.7 Å². The van der Waals surface area contributed by atoms with Crippen LogP contribution in [0.5, 0.6) is 0 Å². The van der Waals surface area contributed by atoms with E-state index < -0.39 is 0 Å². The van der Waals surface area contributed by atoms with Gasteiger partial charge >= 0.3 is 0 Å². The molecule has 0 heterocycles. The highest BCUT2D eigenvalue weighted by molar-refractivity contribution is 5.80. The molecule has 0 aliphatic heterocycles. The SMILES string of the molecule is CC(=O)CCCCCCC(=O)C(C)C. The number of hydrogen-bond donors (Lipinski definition) is 0. The highest BCUT2D eigenvalue weighted by Crippen LogP contribution is 2.08. The monoisotopic (exact) mass is 198 g/mol. The predicted octanol–water partition coefficient (Wildman–Crippen LogP) is 3.14. The van der Waals surface area contributed by atoms with Gasteiger partial charge < -0.3 is 4.79 Å². The summed E-state index contributed by atoms with van der Waals surface area (Å²) >= 11 is 0. The van der Waals surface area contributed by atoms with Crippen LogP contribution in [0.1, 0.15) is 59.3 Å². The van der Waals surface area contributed by atoms with Gasteiger partial charge in [-0.2, -0.15) is 0 Å². The maximum absolute atomic E-state index is 11.2. The molecule has 0 rings (SSSR count). The number of Topliss-reactive ketones (excluding diaryl/α,β-unsaturated/α-hetero) is 2. The van der Waals surface area contributed by atoms with Crippen LogP contribution in [0.25, 0.3) is 0 Å². The molecular weight excluding hydrogens is 176 g/mol. The highest BCUT2D eigenvalue weighted by Gasteiger charge is 2.05. The minimum atomic E-state index is 0.173. The van der Waals surface area contributed by atoms with Crippen LogP contribution < -0.4 is 0 Å². The molecule has 0 aromatic rings. The topological polar surface area (TPSA) is 34.1 Å². The van der Waals surface area contributed by atoms with Crippen molar-refractivity contribution in [1.29, 1.82) is 0 Å². The van der Waals surface area contributed by atoms with E-state index in [0.717, 1.165) is 25.7 Å². The van der Waals surface area contributed by atoms with Crippen molar-refractivity contribution in [2.24, 2.45) is 5.92 Å². The largest absolute Gasteiger partial charge is 0.300 e. The van der Waals surface area contributed by atoms with Crippen molar-refractivity contribution >= 4 is 11.6 Å². The molecule has 0 aliphatic carbocycles. The molecule has 2 heteroatoms. The Kier molecular flexibility index (Phi) is 7.35. The van der Waals surface area contributed by atoms with E-state index in [0.29, 0.717) is 18.6 Å². The maximum atomic E-state index is 11.2. The Morgan fingerprint density at radius 1 is 0.929 bits per heavy atom. The smallest absolute Gasteiger partial charge is 0.135 e. The van der Waals surface area contributed by atoms with Gasteiger partial charge in [0.05, 0.1) is 0 Å². The zero-order chi connectivity index (χ0) is 11.0. The Balaban J connectivity index is 3.22. The average molecular weight is 198 g/mol. The summed E-state index contributed by atoms with van der Waals surface area (Å²) in [5, 5.41) is 0. The molecule has 0 atom stereocenters. The van der Waals surface area contributed by atoms with Gasteiger partial charge in [0.25, 0.3) is 0 Å². The summed E-state index contributed by atoms with van der Waals surface area (Å²) in [5.41, 5.74) is 0. The molecule has 0 fully saturated rings. The van der Waals surface area contributed by atoms with Crippen LogP contribution in [0.3, 0.4) is 0 Å². The second-order valence-corrected chi connectivity index (χ2v) is 4.24. The van der Waals surface area contributed by atoms with Gasteiger partial charge in [-0.1, -0.05) is 26.7 Å². The first-order valence-corrected chi connectivity index (χ1v) is 5.56. The minimum absolute atomic E-state index is 0.173. The van der Waals surface area contributed by atoms with Gasteiger partial charge in [0.15, 0.2) is 0 Å². The summed E-state index contributed by atoms with van der Waals surface area (Å²) in [4.78, 5) is 21.8. The first-order chi connectivity index (χ1) is 6.54. The van der Waals surface area contributed by atoms with E-state index in [1.807, 2.05) is 13.8 Å². The van der Waals surface area contributed by atoms with Crippen LogP contribution in [0.15, 0.2) is 0 Å². The molecule has 82 valence electrons. The van der Waals surface area contributed by atoms with E-state index in [1.165, 1.54) is 0 Å². The van der Waals surface area contributed by atoms with Gasteiger partial charge in [0.2, 0.25) is 0 Å². The lowest BCUT2D eigenvalue weighted by Gasteiger charge is -2.03. The zero-order valence-corrected chi connectivity index (χ0v) is 9.64. The van der Waals surface area contributed by atoms with Crippen molar-refractivity contribution in [3.05, 3.63) is 0 Å². The van der Waals surface area contributed by atoms with Crippen LogP contribution in [-0.4, -0.2) is 11.6 Å². The summed E-state index contributed by atoms with van der Waals surface area (Å²) in [6.07, 6.45) is 5.51. The Bertz CT molecular complexity index is 183. The number of carbonyl (C=O) groups is 2. The Morgan fingerprint density at radius 2 is 1.43 bits per heavy atom. The van der Waals surface area contributed by atoms with Gasteiger partial charge in [-0.05, 0) is 19.8 Å². The molecule has 0 saturated heterocycles. The van der Waals surface area contributed by atoms with Crippen LogP contribution in [0.4, 0.5) is 0 Å². The Labute approximate surface area is 87.1 Å². The molecule has 0 aromatic carbocycles. The average Bonchev–Trinajstić information content (AvgIpc) is 2.09. The molecule has 0 N–H and O–H groups in total. The van der Waals surface area contributed by atoms with Gasteiger partial charge in [0, 0.05) is 18.8 Å². The lowest BCUT2D eigenvalue weighted by Crippen LogP contribution is -2.06. The number of ketones is 2. The van der Waals surface area contributed by atoms with Crippen LogP contribution in [-0.2, 0) is 9.59 Å². The van der Waals surface area contributed by atoms with Crippen molar-refractivity contribution in [3.63, 3.8) is 0 Å². The third-order valence-corrected chi connectivity index (χ3v) is 2.35. The fourth-order valence-corrected chi connectivity index (χ4v) is 1.32. The molecule has 2 nitrogen and oxygen atoms in total. The molecule has 0 unspecified atom stereocenters. The second-order valence-electron chi connectivity index (χ2n) is 4.24. The van der Waals surface area contributed by atoms with Crippen LogP contribution in [0, 0.1) is 5.92 Å². The van der Waals surface area contributed by atoms with Crippen molar-refractivity contribution in [2.45, 2.75) is 59.3 Å². The molecule has 0 aromatic heterocycles. The van der Waals surface area contributed by atoms with Crippen molar-refractivity contribution in [2.75, 3.05) is 0 Å². The van der Waals surface area contributed by atoms with E-state index >= 15 is 0 Å². The lowest BCUT2D eigenvalue weighted by molar-refractivity contribution is -0.122. The number of rotatable bonds is 8. The summed E-state index contributed by atoms with van der Waals surface area (Å²) in [5.74, 6) is 0.798. The Hall–Kier alpha value is -0.660. The maximum Gasteiger partial charge on any atom is 0.135 e. The molecular formula is C12H22O2. The van der Waals surface area contributed by atoms with Gasteiger partial charge in [-0.25, -0.2) is 0 Å². The van der Waals surface area contributed by atoms with Crippen LogP contribution in [0.2, 0.25) is 0 Å². The Morgan fingerprint density at radius 3 is 1.86 bits per heavy atom.